The first-order valence-electron chi connectivity index (χ1n) is 5.90. The molecule has 1 rings (SSSR count). The molecule has 0 saturated carbocycles. The number of nitrogens with one attached hydrogen (secondary N) is 1. The standard InChI is InChI=1S/C13H18Cl2N2OS/c1-8(2)17-13(3,12(16)18)7-19-11-6-9(14)4-5-10(11)15/h4-6,8,17H,7H2,1-3H3,(H2,16,18). The Morgan fingerprint density at radius 1 is 1.47 bits per heavy atom. The number of primary amides is 1. The Labute approximate surface area is 128 Å². The van der Waals surface area contributed by atoms with Crippen LogP contribution in [0.1, 0.15) is 20.8 Å². The van der Waals surface area contributed by atoms with Crippen molar-refractivity contribution in [3.63, 3.8) is 0 Å². The average Bonchev–Trinajstić information content (AvgIpc) is 2.29. The number of amides is 1. The number of hydrogen-bond acceptors (Lipinski definition) is 3. The van der Waals surface area contributed by atoms with Crippen molar-refractivity contribution in [1.82, 2.24) is 5.32 Å². The summed E-state index contributed by atoms with van der Waals surface area (Å²) in [6, 6.07) is 5.41. The van der Waals surface area contributed by atoms with E-state index in [1.54, 1.807) is 25.1 Å². The normalized spacial score (nSPS) is 14.4. The minimum Gasteiger partial charge on any atom is -0.368 e. The highest BCUT2D eigenvalue weighted by atomic mass is 35.5. The molecule has 1 aromatic carbocycles. The summed E-state index contributed by atoms with van der Waals surface area (Å²) < 4.78 is 0. The maximum absolute atomic E-state index is 11.6. The van der Waals surface area contributed by atoms with Crippen molar-refractivity contribution in [3.8, 4) is 0 Å². The van der Waals surface area contributed by atoms with Crippen LogP contribution in [0.4, 0.5) is 0 Å². The third-order valence-corrected chi connectivity index (χ3v) is 4.61. The van der Waals surface area contributed by atoms with Gasteiger partial charge in [0.2, 0.25) is 5.91 Å². The largest absolute Gasteiger partial charge is 0.368 e. The molecule has 6 heteroatoms. The molecule has 0 fully saturated rings. The number of benzene rings is 1. The van der Waals surface area contributed by atoms with Crippen LogP contribution >= 0.6 is 35.0 Å². The molecule has 0 heterocycles. The van der Waals surface area contributed by atoms with Crippen molar-refractivity contribution >= 4 is 40.9 Å². The van der Waals surface area contributed by atoms with Crippen LogP contribution in [0, 0.1) is 0 Å². The zero-order valence-electron chi connectivity index (χ0n) is 11.2. The van der Waals surface area contributed by atoms with Crippen molar-refractivity contribution in [1.29, 1.82) is 0 Å². The molecular weight excluding hydrogens is 303 g/mol. The molecule has 0 spiro atoms. The van der Waals surface area contributed by atoms with Gasteiger partial charge in [0.05, 0.1) is 5.02 Å². The number of halogens is 2. The first-order chi connectivity index (χ1) is 8.74. The molecule has 1 aromatic rings. The zero-order chi connectivity index (χ0) is 14.6. The lowest BCUT2D eigenvalue weighted by Gasteiger charge is -2.29. The Hall–Kier alpha value is -0.420. The maximum Gasteiger partial charge on any atom is 0.238 e. The minimum atomic E-state index is -0.787. The highest BCUT2D eigenvalue weighted by Gasteiger charge is 2.31. The lowest BCUT2D eigenvalue weighted by atomic mass is 10.0. The third-order valence-electron chi connectivity index (χ3n) is 2.56. The highest BCUT2D eigenvalue weighted by molar-refractivity contribution is 7.99. The van der Waals surface area contributed by atoms with Crippen LogP contribution in [-0.2, 0) is 4.79 Å². The van der Waals surface area contributed by atoms with Gasteiger partial charge in [-0.3, -0.25) is 4.79 Å². The van der Waals surface area contributed by atoms with Gasteiger partial charge >= 0.3 is 0 Å². The van der Waals surface area contributed by atoms with Gasteiger partial charge in [0.1, 0.15) is 5.54 Å². The van der Waals surface area contributed by atoms with Crippen molar-refractivity contribution < 1.29 is 4.79 Å². The van der Waals surface area contributed by atoms with Gasteiger partial charge < -0.3 is 11.1 Å². The summed E-state index contributed by atoms with van der Waals surface area (Å²) in [5, 5.41) is 4.42. The third kappa shape index (κ3) is 4.88. The van der Waals surface area contributed by atoms with Gasteiger partial charge in [-0.05, 0) is 39.0 Å². The second kappa shape index (κ2) is 6.84. The Morgan fingerprint density at radius 2 is 2.11 bits per heavy atom. The molecule has 19 heavy (non-hydrogen) atoms. The van der Waals surface area contributed by atoms with E-state index in [1.807, 2.05) is 13.8 Å². The van der Waals surface area contributed by atoms with Crippen LogP contribution in [0.3, 0.4) is 0 Å². The fourth-order valence-corrected chi connectivity index (χ4v) is 3.23. The van der Waals surface area contributed by atoms with E-state index in [9.17, 15) is 4.79 Å². The summed E-state index contributed by atoms with van der Waals surface area (Å²) in [6.07, 6.45) is 0. The fourth-order valence-electron chi connectivity index (χ4n) is 1.63. The van der Waals surface area contributed by atoms with Crippen molar-refractivity contribution in [2.75, 3.05) is 5.75 Å². The maximum atomic E-state index is 11.6. The van der Waals surface area contributed by atoms with E-state index in [0.717, 1.165) is 4.90 Å². The van der Waals surface area contributed by atoms with E-state index in [2.05, 4.69) is 5.32 Å². The first-order valence-corrected chi connectivity index (χ1v) is 7.64. The molecule has 0 bridgehead atoms. The summed E-state index contributed by atoms with van der Waals surface area (Å²) in [5.41, 5.74) is 4.69. The second-order valence-corrected chi connectivity index (χ2v) is 6.72. The number of nitrogens with two attached hydrogens (primary N) is 1. The van der Waals surface area contributed by atoms with Gasteiger partial charge in [0, 0.05) is 21.7 Å². The zero-order valence-corrected chi connectivity index (χ0v) is 13.5. The Balaban J connectivity index is 2.82. The number of carbonyl (C=O) groups is 1. The van der Waals surface area contributed by atoms with Crippen LogP contribution < -0.4 is 11.1 Å². The summed E-state index contributed by atoms with van der Waals surface area (Å²) in [7, 11) is 0. The lowest BCUT2D eigenvalue weighted by Crippen LogP contribution is -2.57. The average molecular weight is 321 g/mol. The van der Waals surface area contributed by atoms with E-state index in [0.29, 0.717) is 15.8 Å². The van der Waals surface area contributed by atoms with Gasteiger partial charge in [0.15, 0.2) is 0 Å². The van der Waals surface area contributed by atoms with Crippen LogP contribution in [0.5, 0.6) is 0 Å². The molecule has 0 saturated heterocycles. The van der Waals surface area contributed by atoms with Gasteiger partial charge in [-0.2, -0.15) is 0 Å². The molecule has 3 nitrogen and oxygen atoms in total. The molecule has 0 aromatic heterocycles. The quantitative estimate of drug-likeness (QED) is 0.790. The summed E-state index contributed by atoms with van der Waals surface area (Å²) in [4.78, 5) is 12.5. The Kier molecular flexibility index (Phi) is 5.99. The van der Waals surface area contributed by atoms with Crippen LogP contribution in [0.25, 0.3) is 0 Å². The van der Waals surface area contributed by atoms with Gasteiger partial charge in [-0.25, -0.2) is 0 Å². The Morgan fingerprint density at radius 3 is 2.63 bits per heavy atom. The summed E-state index contributed by atoms with van der Waals surface area (Å²) >= 11 is 13.5. The molecule has 0 radical (unpaired) electrons. The van der Waals surface area contributed by atoms with Crippen molar-refractivity contribution in [2.45, 2.75) is 37.2 Å². The Bertz CT molecular complexity index is 468. The molecule has 1 unspecified atom stereocenters. The predicted octanol–water partition coefficient (Wildman–Crippen LogP) is 3.33. The number of hydrogen-bond donors (Lipinski definition) is 2. The molecule has 3 N–H and O–H groups in total. The molecule has 1 amide bonds. The second-order valence-electron chi connectivity index (χ2n) is 4.86. The number of thioether (sulfide) groups is 1. The number of carbonyl (C=O) groups excluding carboxylic acids is 1. The van der Waals surface area contributed by atoms with Crippen LogP contribution in [0.2, 0.25) is 10.0 Å². The molecule has 106 valence electrons. The van der Waals surface area contributed by atoms with Gasteiger partial charge in [0.25, 0.3) is 0 Å². The molecule has 0 aliphatic heterocycles. The van der Waals surface area contributed by atoms with E-state index in [-0.39, 0.29) is 11.9 Å². The summed E-state index contributed by atoms with van der Waals surface area (Å²) in [5.74, 6) is 0.104. The summed E-state index contributed by atoms with van der Waals surface area (Å²) in [6.45, 7) is 5.73. The molecule has 0 aliphatic carbocycles. The van der Waals surface area contributed by atoms with Gasteiger partial charge in [-0.15, -0.1) is 11.8 Å². The van der Waals surface area contributed by atoms with Crippen LogP contribution in [-0.4, -0.2) is 23.2 Å². The SMILES string of the molecule is CC(C)NC(C)(CSc1cc(Cl)ccc1Cl)C(N)=O. The van der Waals surface area contributed by atoms with E-state index in [1.165, 1.54) is 11.8 Å². The van der Waals surface area contributed by atoms with E-state index < -0.39 is 5.54 Å². The molecule has 0 aliphatic rings. The van der Waals surface area contributed by atoms with E-state index >= 15 is 0 Å². The predicted molar refractivity (Wildman–Crippen MR) is 83.1 cm³/mol. The smallest absolute Gasteiger partial charge is 0.238 e. The monoisotopic (exact) mass is 320 g/mol. The van der Waals surface area contributed by atoms with E-state index in [4.69, 9.17) is 28.9 Å². The first kappa shape index (κ1) is 16.6. The fraction of sp³-hybridized carbons (Fsp3) is 0.462. The van der Waals surface area contributed by atoms with Gasteiger partial charge in [-0.1, -0.05) is 23.2 Å². The number of rotatable bonds is 6. The molecule has 1 atom stereocenters. The minimum absolute atomic E-state index is 0.160. The molecular formula is C13H18Cl2N2OS. The van der Waals surface area contributed by atoms with Crippen molar-refractivity contribution in [3.05, 3.63) is 28.2 Å². The topological polar surface area (TPSA) is 55.1 Å². The lowest BCUT2D eigenvalue weighted by molar-refractivity contribution is -0.123. The van der Waals surface area contributed by atoms with Crippen molar-refractivity contribution in [2.24, 2.45) is 5.73 Å². The highest BCUT2D eigenvalue weighted by Crippen LogP contribution is 2.31. The van der Waals surface area contributed by atoms with Crippen LogP contribution in [0.15, 0.2) is 23.1 Å².